The molecule has 0 aromatic heterocycles. The van der Waals surface area contributed by atoms with Gasteiger partial charge in [-0.25, -0.2) is 0 Å². The molecule has 0 bridgehead atoms. The number of ether oxygens (including phenoxy) is 2. The summed E-state index contributed by atoms with van der Waals surface area (Å²) in [5, 5.41) is 20.6. The number of methoxy groups -OCH3 is 1. The third-order valence-corrected chi connectivity index (χ3v) is 5.25. The van der Waals surface area contributed by atoms with Crippen LogP contribution in [0, 0.1) is 0 Å². The number of amides is 1. The Bertz CT molecular complexity index is 995. The number of benzene rings is 2. The second-order valence-electron chi connectivity index (χ2n) is 7.00. The number of phenols is 1. The molecule has 0 saturated carbocycles. The number of rotatable bonds is 5. The predicted octanol–water partition coefficient (Wildman–Crippen LogP) is 2.40. The minimum Gasteiger partial charge on any atom is -0.508 e. The van der Waals surface area contributed by atoms with E-state index >= 15 is 0 Å². The summed E-state index contributed by atoms with van der Waals surface area (Å²) < 4.78 is 10.6. The first kappa shape index (κ1) is 19.0. The first-order chi connectivity index (χ1) is 14.0. The smallest absolute Gasteiger partial charge is 0.295 e. The third kappa shape index (κ3) is 3.34. The lowest BCUT2D eigenvalue weighted by Gasteiger charge is -2.25. The molecule has 2 aliphatic heterocycles. The maximum Gasteiger partial charge on any atom is 0.295 e. The lowest BCUT2D eigenvalue weighted by molar-refractivity contribution is -0.140. The van der Waals surface area contributed by atoms with Gasteiger partial charge in [0.25, 0.3) is 11.7 Å². The number of hydrogen-bond acceptors (Lipinski definition) is 6. The molecule has 1 amide bonds. The summed E-state index contributed by atoms with van der Waals surface area (Å²) in [4.78, 5) is 26.9. The molecule has 2 aliphatic rings. The highest BCUT2D eigenvalue weighted by molar-refractivity contribution is 6.46. The van der Waals surface area contributed by atoms with Crippen LogP contribution in [0.3, 0.4) is 0 Å². The number of phenolic OH excluding ortho intramolecular Hbond substituents is 1. The molecule has 0 spiro atoms. The second kappa shape index (κ2) is 7.60. The molecule has 1 fully saturated rings. The summed E-state index contributed by atoms with van der Waals surface area (Å²) >= 11 is 0. The van der Waals surface area contributed by atoms with E-state index in [-0.39, 0.29) is 30.2 Å². The molecule has 4 rings (SSSR count). The first-order valence-corrected chi connectivity index (χ1v) is 9.33. The molecule has 1 unspecified atom stereocenters. The lowest BCUT2D eigenvalue weighted by atomic mass is 9.94. The molecule has 7 heteroatoms. The Morgan fingerprint density at radius 3 is 2.69 bits per heavy atom. The van der Waals surface area contributed by atoms with Gasteiger partial charge < -0.3 is 24.6 Å². The van der Waals surface area contributed by atoms with Crippen LogP contribution in [0.25, 0.3) is 5.76 Å². The van der Waals surface area contributed by atoms with Crippen LogP contribution in [0.15, 0.2) is 48.0 Å². The molecule has 2 N–H and O–H groups in total. The van der Waals surface area contributed by atoms with Gasteiger partial charge in [0.05, 0.1) is 24.8 Å². The average molecular weight is 395 g/mol. The van der Waals surface area contributed by atoms with Gasteiger partial charge in [-0.05, 0) is 41.5 Å². The van der Waals surface area contributed by atoms with E-state index in [1.807, 2.05) is 0 Å². The van der Waals surface area contributed by atoms with E-state index in [1.54, 1.807) is 30.3 Å². The van der Waals surface area contributed by atoms with Gasteiger partial charge in [0.1, 0.15) is 17.3 Å². The van der Waals surface area contributed by atoms with E-state index in [2.05, 4.69) is 0 Å². The van der Waals surface area contributed by atoms with E-state index in [0.29, 0.717) is 17.7 Å². The number of carbonyl (C=O) groups excluding carboxylic acids is 2. The summed E-state index contributed by atoms with van der Waals surface area (Å²) in [5.41, 5.74) is 2.05. The Morgan fingerprint density at radius 2 is 1.97 bits per heavy atom. The van der Waals surface area contributed by atoms with Crippen molar-refractivity contribution in [2.75, 3.05) is 26.9 Å². The van der Waals surface area contributed by atoms with E-state index in [0.717, 1.165) is 17.7 Å². The van der Waals surface area contributed by atoms with Crippen LogP contribution >= 0.6 is 0 Å². The highest BCUT2D eigenvalue weighted by Gasteiger charge is 2.45. The minimum absolute atomic E-state index is 0.0238. The fourth-order valence-corrected chi connectivity index (χ4v) is 3.79. The number of hydrogen-bond donors (Lipinski definition) is 2. The van der Waals surface area contributed by atoms with Crippen molar-refractivity contribution >= 4 is 17.4 Å². The van der Waals surface area contributed by atoms with Crippen molar-refractivity contribution in [1.82, 2.24) is 4.90 Å². The molecule has 1 saturated heterocycles. The van der Waals surface area contributed by atoms with Crippen LogP contribution in [0.5, 0.6) is 11.5 Å². The normalized spacial score (nSPS) is 20.0. The van der Waals surface area contributed by atoms with Crippen molar-refractivity contribution < 1.29 is 29.3 Å². The van der Waals surface area contributed by atoms with Gasteiger partial charge in [0, 0.05) is 25.6 Å². The first-order valence-electron chi connectivity index (χ1n) is 9.33. The summed E-state index contributed by atoms with van der Waals surface area (Å²) in [6.07, 6.45) is 0.722. The van der Waals surface area contributed by atoms with Gasteiger partial charge in [-0.1, -0.05) is 12.1 Å². The fraction of sp³-hybridized carbons (Fsp3) is 0.273. The van der Waals surface area contributed by atoms with Gasteiger partial charge >= 0.3 is 0 Å². The van der Waals surface area contributed by atoms with Crippen LogP contribution in [-0.2, 0) is 20.7 Å². The van der Waals surface area contributed by atoms with Crippen LogP contribution in [0.1, 0.15) is 22.7 Å². The number of nitrogens with zero attached hydrogens (tertiary/aromatic N) is 1. The van der Waals surface area contributed by atoms with Gasteiger partial charge in [-0.3, -0.25) is 9.59 Å². The number of ketones is 1. The van der Waals surface area contributed by atoms with Crippen LogP contribution in [0.2, 0.25) is 0 Å². The highest BCUT2D eigenvalue weighted by Crippen LogP contribution is 2.40. The Balaban J connectivity index is 1.83. The van der Waals surface area contributed by atoms with Crippen LogP contribution < -0.4 is 4.74 Å². The molecular formula is C22H21NO6. The number of aliphatic hydroxyl groups is 1. The number of aromatic hydroxyl groups is 1. The zero-order chi connectivity index (χ0) is 20.5. The molecule has 2 heterocycles. The lowest BCUT2D eigenvalue weighted by Crippen LogP contribution is -2.32. The van der Waals surface area contributed by atoms with Crippen molar-refractivity contribution in [3.63, 3.8) is 0 Å². The zero-order valence-electron chi connectivity index (χ0n) is 15.9. The maximum absolute atomic E-state index is 12.9. The molecule has 150 valence electrons. The van der Waals surface area contributed by atoms with Crippen molar-refractivity contribution in [3.8, 4) is 11.5 Å². The number of likely N-dealkylation sites (tertiary alicyclic amines) is 1. The quantitative estimate of drug-likeness (QED) is 0.459. The summed E-state index contributed by atoms with van der Waals surface area (Å²) in [7, 11) is 1.51. The SMILES string of the molecule is COCCN1C(=O)C(=O)/C(=C(\O)c2ccc3c(c2)CCO3)C1c1ccc(O)cc1. The fourth-order valence-electron chi connectivity index (χ4n) is 3.79. The molecule has 7 nitrogen and oxygen atoms in total. The number of carbonyl (C=O) groups is 2. The number of Topliss-reactive ketones (excluding diaryl/α,β-unsaturated/α-hetero) is 1. The molecule has 0 radical (unpaired) electrons. The minimum atomic E-state index is -0.768. The topological polar surface area (TPSA) is 96.3 Å². The molecule has 2 aromatic rings. The largest absolute Gasteiger partial charge is 0.508 e. The van der Waals surface area contributed by atoms with E-state index in [9.17, 15) is 19.8 Å². The Labute approximate surface area is 167 Å². The zero-order valence-corrected chi connectivity index (χ0v) is 15.9. The Hall–Kier alpha value is -3.32. The van der Waals surface area contributed by atoms with Gasteiger partial charge in [-0.2, -0.15) is 0 Å². The highest BCUT2D eigenvalue weighted by atomic mass is 16.5. The third-order valence-electron chi connectivity index (χ3n) is 5.25. The molecule has 2 aromatic carbocycles. The van der Waals surface area contributed by atoms with Gasteiger partial charge in [0.2, 0.25) is 0 Å². The van der Waals surface area contributed by atoms with Crippen molar-refractivity contribution in [3.05, 3.63) is 64.7 Å². The van der Waals surface area contributed by atoms with E-state index in [1.165, 1.54) is 24.1 Å². The Kier molecular flexibility index (Phi) is 4.98. The number of aliphatic hydroxyl groups excluding tert-OH is 1. The monoisotopic (exact) mass is 395 g/mol. The molecular weight excluding hydrogens is 374 g/mol. The standard InChI is InChI=1S/C22H21NO6/c1-28-11-9-23-19(13-2-5-16(24)6-3-13)18(21(26)22(23)27)20(25)15-4-7-17-14(12-15)8-10-29-17/h2-7,12,19,24-25H,8-11H2,1H3/b20-18-. The molecule has 1 atom stereocenters. The van der Waals surface area contributed by atoms with E-state index in [4.69, 9.17) is 9.47 Å². The van der Waals surface area contributed by atoms with Crippen molar-refractivity contribution in [2.45, 2.75) is 12.5 Å². The van der Waals surface area contributed by atoms with Crippen LogP contribution in [-0.4, -0.2) is 53.7 Å². The Morgan fingerprint density at radius 1 is 1.21 bits per heavy atom. The maximum atomic E-state index is 12.9. The number of fused-ring (bicyclic) bond motifs is 1. The van der Waals surface area contributed by atoms with Crippen molar-refractivity contribution in [1.29, 1.82) is 0 Å². The average Bonchev–Trinajstić information content (AvgIpc) is 3.29. The molecule has 0 aliphatic carbocycles. The van der Waals surface area contributed by atoms with Crippen molar-refractivity contribution in [2.24, 2.45) is 0 Å². The summed E-state index contributed by atoms with van der Waals surface area (Å²) in [5.74, 6) is -0.825. The van der Waals surface area contributed by atoms with E-state index < -0.39 is 17.7 Å². The summed E-state index contributed by atoms with van der Waals surface area (Å²) in [6, 6.07) is 10.7. The molecule has 29 heavy (non-hydrogen) atoms. The second-order valence-corrected chi connectivity index (χ2v) is 7.00. The predicted molar refractivity (Wildman–Crippen MR) is 105 cm³/mol. The summed E-state index contributed by atoms with van der Waals surface area (Å²) in [6.45, 7) is 1.02. The van der Waals surface area contributed by atoms with Crippen LogP contribution in [0.4, 0.5) is 0 Å². The van der Waals surface area contributed by atoms with Gasteiger partial charge in [-0.15, -0.1) is 0 Å². The van der Waals surface area contributed by atoms with Gasteiger partial charge in [0.15, 0.2) is 0 Å².